The highest BCUT2D eigenvalue weighted by molar-refractivity contribution is 6.04. The molecule has 0 aromatic heterocycles. The number of aryl methyl sites for hydroxylation is 1. The Morgan fingerprint density at radius 2 is 1.60 bits per heavy atom. The van der Waals surface area contributed by atoms with E-state index < -0.39 is 0 Å². The molecule has 0 spiro atoms. The lowest BCUT2D eigenvalue weighted by Crippen LogP contribution is -2.49. The normalized spacial score (nSPS) is 13.4. The first kappa shape index (κ1) is 23.9. The van der Waals surface area contributed by atoms with Gasteiger partial charge in [0.15, 0.2) is 0 Å². The van der Waals surface area contributed by atoms with Crippen LogP contribution in [-0.2, 0) is 6.54 Å². The van der Waals surface area contributed by atoms with Gasteiger partial charge in [0.25, 0.3) is 0 Å². The van der Waals surface area contributed by atoms with E-state index in [0.717, 1.165) is 17.5 Å². The maximum Gasteiger partial charge on any atom is 0.324 e. The standard InChI is InChI=1S/C27H30N4O4/c1-19-9-11-21(12-10-19)28-26(32)29-24-7-4-5-8-25(24)31-14-6-13-30(27(31)33)18-20-15-22(34-2)17-23(16-20)35-3/h4-5,7-12,15-17H,6,13-14,18H2,1-3H3,(H2,28,29,32). The number of amides is 4. The van der Waals surface area contributed by atoms with Gasteiger partial charge < -0.3 is 25.0 Å². The van der Waals surface area contributed by atoms with Crippen molar-refractivity contribution in [3.05, 3.63) is 77.9 Å². The fourth-order valence-electron chi connectivity index (χ4n) is 4.07. The van der Waals surface area contributed by atoms with E-state index in [0.29, 0.717) is 48.2 Å². The third kappa shape index (κ3) is 5.84. The number of anilines is 3. The molecule has 0 aliphatic carbocycles. The lowest BCUT2D eigenvalue weighted by atomic mass is 10.1. The molecule has 182 valence electrons. The Morgan fingerprint density at radius 3 is 2.29 bits per heavy atom. The molecule has 0 atom stereocenters. The Kier molecular flexibility index (Phi) is 7.40. The van der Waals surface area contributed by atoms with Crippen LogP contribution in [0, 0.1) is 6.92 Å². The molecule has 0 saturated carbocycles. The highest BCUT2D eigenvalue weighted by Crippen LogP contribution is 2.30. The molecule has 0 bridgehead atoms. The molecule has 8 heteroatoms. The minimum absolute atomic E-state index is 0.119. The van der Waals surface area contributed by atoms with Gasteiger partial charge in [-0.05, 0) is 55.3 Å². The summed E-state index contributed by atoms with van der Waals surface area (Å²) in [6, 6.07) is 20.0. The predicted octanol–water partition coefficient (Wildman–Crippen LogP) is 5.49. The molecule has 1 aliphatic rings. The number of nitrogens with zero attached hydrogens (tertiary/aromatic N) is 2. The summed E-state index contributed by atoms with van der Waals surface area (Å²) >= 11 is 0. The van der Waals surface area contributed by atoms with Crippen molar-refractivity contribution in [2.75, 3.05) is 42.8 Å². The van der Waals surface area contributed by atoms with Gasteiger partial charge in [-0.25, -0.2) is 9.59 Å². The van der Waals surface area contributed by atoms with Crippen LogP contribution in [-0.4, -0.2) is 44.3 Å². The number of rotatable bonds is 7. The first-order valence-electron chi connectivity index (χ1n) is 11.5. The van der Waals surface area contributed by atoms with Gasteiger partial charge in [-0.3, -0.25) is 4.90 Å². The van der Waals surface area contributed by atoms with E-state index in [9.17, 15) is 9.59 Å². The Balaban J connectivity index is 1.49. The monoisotopic (exact) mass is 474 g/mol. The van der Waals surface area contributed by atoms with E-state index in [1.165, 1.54) is 0 Å². The fraction of sp³-hybridized carbons (Fsp3) is 0.259. The molecule has 8 nitrogen and oxygen atoms in total. The summed E-state index contributed by atoms with van der Waals surface area (Å²) in [6.45, 7) is 3.61. The summed E-state index contributed by atoms with van der Waals surface area (Å²) in [6.07, 6.45) is 0.802. The van der Waals surface area contributed by atoms with Crippen LogP contribution in [0.4, 0.5) is 26.7 Å². The molecule has 2 N–H and O–H groups in total. The van der Waals surface area contributed by atoms with Gasteiger partial charge in [-0.1, -0.05) is 29.8 Å². The molecule has 4 amide bonds. The zero-order chi connectivity index (χ0) is 24.8. The second kappa shape index (κ2) is 10.8. The summed E-state index contributed by atoms with van der Waals surface area (Å²) in [4.78, 5) is 29.6. The van der Waals surface area contributed by atoms with Crippen molar-refractivity contribution < 1.29 is 19.1 Å². The maximum atomic E-state index is 13.5. The van der Waals surface area contributed by atoms with E-state index in [2.05, 4.69) is 10.6 Å². The summed E-state index contributed by atoms with van der Waals surface area (Å²) in [5.41, 5.74) is 3.95. The fourth-order valence-corrected chi connectivity index (χ4v) is 4.07. The van der Waals surface area contributed by atoms with Crippen molar-refractivity contribution >= 4 is 29.1 Å². The Labute approximate surface area is 205 Å². The molecule has 0 radical (unpaired) electrons. The van der Waals surface area contributed by atoms with Crippen molar-refractivity contribution in [3.63, 3.8) is 0 Å². The Hall–Kier alpha value is -4.20. The van der Waals surface area contributed by atoms with E-state index >= 15 is 0 Å². The van der Waals surface area contributed by atoms with Crippen LogP contribution in [0.25, 0.3) is 0 Å². The molecule has 1 saturated heterocycles. The summed E-state index contributed by atoms with van der Waals surface area (Å²) < 4.78 is 10.7. The van der Waals surface area contributed by atoms with Gasteiger partial charge in [0.2, 0.25) is 0 Å². The minimum Gasteiger partial charge on any atom is -0.497 e. The largest absolute Gasteiger partial charge is 0.497 e. The van der Waals surface area contributed by atoms with Crippen LogP contribution in [0.5, 0.6) is 11.5 Å². The average molecular weight is 475 g/mol. The Morgan fingerprint density at radius 1 is 0.914 bits per heavy atom. The lowest BCUT2D eigenvalue weighted by Gasteiger charge is -2.36. The lowest BCUT2D eigenvalue weighted by molar-refractivity contribution is 0.192. The van der Waals surface area contributed by atoms with Crippen LogP contribution < -0.4 is 25.0 Å². The Bertz CT molecular complexity index is 1170. The van der Waals surface area contributed by atoms with Gasteiger partial charge >= 0.3 is 12.1 Å². The molecule has 1 fully saturated rings. The zero-order valence-electron chi connectivity index (χ0n) is 20.2. The van der Waals surface area contributed by atoms with Gasteiger partial charge in [0, 0.05) is 31.4 Å². The van der Waals surface area contributed by atoms with Crippen molar-refractivity contribution in [1.82, 2.24) is 4.90 Å². The first-order valence-corrected chi connectivity index (χ1v) is 11.5. The molecule has 1 aliphatic heterocycles. The highest BCUT2D eigenvalue weighted by atomic mass is 16.5. The first-order chi connectivity index (χ1) is 17.0. The van der Waals surface area contributed by atoms with Gasteiger partial charge in [-0.15, -0.1) is 0 Å². The maximum absolute atomic E-state index is 13.5. The number of carbonyl (C=O) groups is 2. The molecule has 1 heterocycles. The van der Waals surface area contributed by atoms with Crippen molar-refractivity contribution in [1.29, 1.82) is 0 Å². The molecule has 0 unspecified atom stereocenters. The number of nitrogens with one attached hydrogen (secondary N) is 2. The van der Waals surface area contributed by atoms with Crippen molar-refractivity contribution in [2.24, 2.45) is 0 Å². The quantitative estimate of drug-likeness (QED) is 0.474. The van der Waals surface area contributed by atoms with Crippen LogP contribution in [0.2, 0.25) is 0 Å². The molecule has 3 aromatic rings. The molecule has 35 heavy (non-hydrogen) atoms. The van der Waals surface area contributed by atoms with Crippen LogP contribution in [0.3, 0.4) is 0 Å². The minimum atomic E-state index is -0.369. The van der Waals surface area contributed by atoms with Crippen LogP contribution >= 0.6 is 0 Å². The number of carbonyl (C=O) groups excluding carboxylic acids is 2. The second-order valence-corrected chi connectivity index (χ2v) is 8.39. The number of para-hydroxylation sites is 2. The number of methoxy groups -OCH3 is 2. The molecule has 4 rings (SSSR count). The SMILES string of the molecule is COc1cc(CN2CCCN(c3ccccc3NC(=O)Nc3ccc(C)cc3)C2=O)cc(OC)c1. The van der Waals surface area contributed by atoms with Gasteiger partial charge in [0.05, 0.1) is 25.6 Å². The van der Waals surface area contributed by atoms with Gasteiger partial charge in [0.1, 0.15) is 11.5 Å². The molecular formula is C27H30N4O4. The highest BCUT2D eigenvalue weighted by Gasteiger charge is 2.28. The van der Waals surface area contributed by atoms with Crippen LogP contribution in [0.15, 0.2) is 66.7 Å². The van der Waals surface area contributed by atoms with Crippen molar-refractivity contribution in [3.8, 4) is 11.5 Å². The smallest absolute Gasteiger partial charge is 0.324 e. The van der Waals surface area contributed by atoms with Crippen molar-refractivity contribution in [2.45, 2.75) is 19.9 Å². The molecule has 3 aromatic carbocycles. The van der Waals surface area contributed by atoms with E-state index in [1.54, 1.807) is 36.2 Å². The van der Waals surface area contributed by atoms with E-state index in [4.69, 9.17) is 9.47 Å². The number of hydrogen-bond acceptors (Lipinski definition) is 4. The summed E-state index contributed by atoms with van der Waals surface area (Å²) in [7, 11) is 3.20. The van der Waals surface area contributed by atoms with Crippen LogP contribution in [0.1, 0.15) is 17.5 Å². The predicted molar refractivity (Wildman–Crippen MR) is 138 cm³/mol. The third-order valence-corrected chi connectivity index (χ3v) is 5.85. The molecular weight excluding hydrogens is 444 g/mol. The second-order valence-electron chi connectivity index (χ2n) is 8.39. The van der Waals surface area contributed by atoms with E-state index in [-0.39, 0.29) is 12.1 Å². The number of urea groups is 2. The third-order valence-electron chi connectivity index (χ3n) is 5.85. The number of benzene rings is 3. The zero-order valence-corrected chi connectivity index (χ0v) is 20.2. The number of hydrogen-bond donors (Lipinski definition) is 2. The average Bonchev–Trinajstić information content (AvgIpc) is 2.87. The summed E-state index contributed by atoms with van der Waals surface area (Å²) in [5, 5.41) is 5.73. The van der Waals surface area contributed by atoms with E-state index in [1.807, 2.05) is 61.5 Å². The topological polar surface area (TPSA) is 83.1 Å². The van der Waals surface area contributed by atoms with Gasteiger partial charge in [-0.2, -0.15) is 0 Å². The summed E-state index contributed by atoms with van der Waals surface area (Å²) in [5.74, 6) is 1.35. The number of ether oxygens (including phenoxy) is 2.